The SMILES string of the molecule is CC[C@H](C)S(=O)(=O)N1CCN(c2ccc(F)cc2)CC1. The number of hydrogen-bond acceptors (Lipinski definition) is 3. The Morgan fingerprint density at radius 2 is 1.70 bits per heavy atom. The summed E-state index contributed by atoms with van der Waals surface area (Å²) >= 11 is 0. The first-order chi connectivity index (χ1) is 9.45. The van der Waals surface area contributed by atoms with Gasteiger partial charge < -0.3 is 4.90 Å². The molecular weight excluding hydrogens is 279 g/mol. The number of hydrogen-bond donors (Lipinski definition) is 0. The Morgan fingerprint density at radius 3 is 2.20 bits per heavy atom. The first-order valence-corrected chi connectivity index (χ1v) is 8.45. The molecule has 0 aliphatic carbocycles. The molecule has 4 nitrogen and oxygen atoms in total. The first-order valence-electron chi connectivity index (χ1n) is 6.94. The highest BCUT2D eigenvalue weighted by Crippen LogP contribution is 2.20. The van der Waals surface area contributed by atoms with Crippen LogP contribution in [0.25, 0.3) is 0 Å². The summed E-state index contributed by atoms with van der Waals surface area (Å²) in [5.41, 5.74) is 0.937. The zero-order valence-corrected chi connectivity index (χ0v) is 12.7. The van der Waals surface area contributed by atoms with E-state index in [1.807, 2.05) is 6.92 Å². The van der Waals surface area contributed by atoms with E-state index in [2.05, 4.69) is 4.90 Å². The maximum Gasteiger partial charge on any atom is 0.216 e. The van der Waals surface area contributed by atoms with Crippen molar-refractivity contribution in [3.05, 3.63) is 30.1 Å². The van der Waals surface area contributed by atoms with Gasteiger partial charge in [0.1, 0.15) is 5.82 Å². The lowest BCUT2D eigenvalue weighted by molar-refractivity contribution is 0.379. The van der Waals surface area contributed by atoms with Crippen LogP contribution in [0.2, 0.25) is 0 Å². The summed E-state index contributed by atoms with van der Waals surface area (Å²) in [7, 11) is -3.18. The van der Waals surface area contributed by atoms with Crippen LogP contribution in [0.4, 0.5) is 10.1 Å². The molecule has 0 amide bonds. The number of nitrogens with zero attached hydrogens (tertiary/aromatic N) is 2. The Bertz CT molecular complexity index is 537. The van der Waals surface area contributed by atoms with Crippen LogP contribution in [0.5, 0.6) is 0 Å². The third kappa shape index (κ3) is 3.12. The van der Waals surface area contributed by atoms with Crippen molar-refractivity contribution in [2.75, 3.05) is 31.1 Å². The lowest BCUT2D eigenvalue weighted by Gasteiger charge is -2.36. The van der Waals surface area contributed by atoms with Gasteiger partial charge >= 0.3 is 0 Å². The fraction of sp³-hybridized carbons (Fsp3) is 0.571. The van der Waals surface area contributed by atoms with Crippen molar-refractivity contribution in [3.63, 3.8) is 0 Å². The maximum absolute atomic E-state index is 12.9. The molecule has 0 saturated carbocycles. The van der Waals surface area contributed by atoms with E-state index in [9.17, 15) is 12.8 Å². The molecule has 2 rings (SSSR count). The molecule has 0 N–H and O–H groups in total. The Hall–Kier alpha value is -1.14. The van der Waals surface area contributed by atoms with Crippen molar-refractivity contribution < 1.29 is 12.8 Å². The molecule has 0 radical (unpaired) electrons. The van der Waals surface area contributed by atoms with Crippen LogP contribution in [0, 0.1) is 5.82 Å². The molecule has 1 aliphatic heterocycles. The maximum atomic E-state index is 12.9. The fourth-order valence-electron chi connectivity index (χ4n) is 2.32. The van der Waals surface area contributed by atoms with Gasteiger partial charge in [0.2, 0.25) is 10.0 Å². The predicted molar refractivity (Wildman–Crippen MR) is 78.9 cm³/mol. The third-order valence-corrected chi connectivity index (χ3v) is 6.31. The average molecular weight is 300 g/mol. The molecule has 20 heavy (non-hydrogen) atoms. The van der Waals surface area contributed by atoms with Crippen molar-refractivity contribution in [3.8, 4) is 0 Å². The number of piperazine rings is 1. The van der Waals surface area contributed by atoms with E-state index in [0.29, 0.717) is 32.6 Å². The van der Waals surface area contributed by atoms with Crippen molar-refractivity contribution >= 4 is 15.7 Å². The number of anilines is 1. The van der Waals surface area contributed by atoms with E-state index in [0.717, 1.165) is 5.69 Å². The standard InChI is InChI=1S/C14H21FN2O2S/c1-3-12(2)20(18,19)17-10-8-16(9-11-17)14-6-4-13(15)5-7-14/h4-7,12H,3,8-11H2,1-2H3/t12-/m0/s1. The predicted octanol–water partition coefficient (Wildman–Crippen LogP) is 2.08. The minimum Gasteiger partial charge on any atom is -0.369 e. The second-order valence-electron chi connectivity index (χ2n) is 5.13. The first kappa shape index (κ1) is 15.3. The Labute approximate surface area is 120 Å². The smallest absolute Gasteiger partial charge is 0.216 e. The van der Waals surface area contributed by atoms with Crippen LogP contribution in [-0.4, -0.2) is 44.2 Å². The summed E-state index contributed by atoms with van der Waals surface area (Å²) in [4.78, 5) is 2.09. The van der Waals surface area contributed by atoms with Crippen molar-refractivity contribution in [1.82, 2.24) is 4.31 Å². The van der Waals surface area contributed by atoms with Crippen molar-refractivity contribution in [2.45, 2.75) is 25.5 Å². The Kier molecular flexibility index (Phi) is 4.65. The number of sulfonamides is 1. The number of halogens is 1. The highest BCUT2D eigenvalue weighted by Gasteiger charge is 2.30. The van der Waals surface area contributed by atoms with E-state index in [1.165, 1.54) is 12.1 Å². The molecule has 0 bridgehead atoms. The van der Waals surface area contributed by atoms with E-state index in [1.54, 1.807) is 23.4 Å². The third-order valence-electron chi connectivity index (χ3n) is 3.87. The van der Waals surface area contributed by atoms with Crippen molar-refractivity contribution in [1.29, 1.82) is 0 Å². The molecule has 1 heterocycles. The Morgan fingerprint density at radius 1 is 1.15 bits per heavy atom. The van der Waals surface area contributed by atoms with E-state index in [4.69, 9.17) is 0 Å². The van der Waals surface area contributed by atoms with Gasteiger partial charge in [0.15, 0.2) is 0 Å². The molecule has 1 aromatic carbocycles. The molecule has 6 heteroatoms. The molecule has 1 atom stereocenters. The zero-order valence-electron chi connectivity index (χ0n) is 11.9. The van der Waals surface area contributed by atoms with Gasteiger partial charge in [0.25, 0.3) is 0 Å². The molecule has 1 aromatic rings. The molecule has 0 spiro atoms. The zero-order chi connectivity index (χ0) is 14.8. The summed E-state index contributed by atoms with van der Waals surface area (Å²) in [6.07, 6.45) is 0.626. The van der Waals surface area contributed by atoms with Gasteiger partial charge in [-0.1, -0.05) is 6.92 Å². The van der Waals surface area contributed by atoms with Gasteiger partial charge in [-0.2, -0.15) is 4.31 Å². The largest absolute Gasteiger partial charge is 0.369 e. The summed E-state index contributed by atoms with van der Waals surface area (Å²) in [6.45, 7) is 5.90. The van der Waals surface area contributed by atoms with Gasteiger partial charge in [-0.15, -0.1) is 0 Å². The molecular formula is C14H21FN2O2S. The summed E-state index contributed by atoms with van der Waals surface area (Å²) in [5.74, 6) is -0.258. The van der Waals surface area contributed by atoms with Gasteiger partial charge in [0, 0.05) is 31.9 Å². The molecule has 1 aliphatic rings. The van der Waals surface area contributed by atoms with Gasteiger partial charge in [-0.3, -0.25) is 0 Å². The second-order valence-corrected chi connectivity index (χ2v) is 7.48. The van der Waals surface area contributed by atoms with Crippen LogP contribution < -0.4 is 4.90 Å². The van der Waals surface area contributed by atoms with Gasteiger partial charge in [-0.25, -0.2) is 12.8 Å². The minimum atomic E-state index is -3.18. The highest BCUT2D eigenvalue weighted by molar-refractivity contribution is 7.89. The fourth-order valence-corrected chi connectivity index (χ4v) is 3.92. The molecule has 1 fully saturated rings. The lowest BCUT2D eigenvalue weighted by Crippen LogP contribution is -2.50. The van der Waals surface area contributed by atoms with Gasteiger partial charge in [0.05, 0.1) is 5.25 Å². The monoisotopic (exact) mass is 300 g/mol. The molecule has 1 saturated heterocycles. The Balaban J connectivity index is 2.01. The van der Waals surface area contributed by atoms with E-state index in [-0.39, 0.29) is 11.1 Å². The summed E-state index contributed by atoms with van der Waals surface area (Å²) in [6, 6.07) is 6.32. The quantitative estimate of drug-likeness (QED) is 0.855. The van der Waals surface area contributed by atoms with Gasteiger partial charge in [-0.05, 0) is 37.6 Å². The minimum absolute atomic E-state index is 0.258. The second kappa shape index (κ2) is 6.10. The van der Waals surface area contributed by atoms with Crippen LogP contribution in [-0.2, 0) is 10.0 Å². The van der Waals surface area contributed by atoms with E-state index < -0.39 is 10.0 Å². The number of rotatable bonds is 4. The van der Waals surface area contributed by atoms with Crippen LogP contribution in [0.3, 0.4) is 0 Å². The summed E-state index contributed by atoms with van der Waals surface area (Å²) < 4.78 is 39.0. The lowest BCUT2D eigenvalue weighted by atomic mass is 10.2. The van der Waals surface area contributed by atoms with Crippen LogP contribution in [0.15, 0.2) is 24.3 Å². The van der Waals surface area contributed by atoms with Crippen LogP contribution in [0.1, 0.15) is 20.3 Å². The molecule has 0 unspecified atom stereocenters. The van der Waals surface area contributed by atoms with Crippen LogP contribution >= 0.6 is 0 Å². The molecule has 112 valence electrons. The van der Waals surface area contributed by atoms with E-state index >= 15 is 0 Å². The number of benzene rings is 1. The summed E-state index contributed by atoms with van der Waals surface area (Å²) in [5, 5.41) is -0.333. The molecule has 0 aromatic heterocycles. The average Bonchev–Trinajstić information content (AvgIpc) is 2.47. The van der Waals surface area contributed by atoms with Crippen molar-refractivity contribution in [2.24, 2.45) is 0 Å². The topological polar surface area (TPSA) is 40.6 Å². The highest BCUT2D eigenvalue weighted by atomic mass is 32.2. The normalized spacial score (nSPS) is 19.1.